The summed E-state index contributed by atoms with van der Waals surface area (Å²) in [6.45, 7) is 14.9. The van der Waals surface area contributed by atoms with Gasteiger partial charge in [0.05, 0.1) is 17.0 Å². The highest BCUT2D eigenvalue weighted by Crippen LogP contribution is 2.16. The van der Waals surface area contributed by atoms with Crippen molar-refractivity contribution in [3.63, 3.8) is 0 Å². The van der Waals surface area contributed by atoms with E-state index in [0.29, 0.717) is 5.96 Å². The lowest BCUT2D eigenvalue weighted by molar-refractivity contribution is 0.560. The van der Waals surface area contributed by atoms with Crippen molar-refractivity contribution < 1.29 is 8.42 Å². The Bertz CT molecular complexity index is 709. The van der Waals surface area contributed by atoms with Crippen LogP contribution in [-0.2, 0) is 9.84 Å². The van der Waals surface area contributed by atoms with Crippen molar-refractivity contribution in [3.8, 4) is 0 Å². The monoisotopic (exact) mass is 396 g/mol. The van der Waals surface area contributed by atoms with Crippen molar-refractivity contribution in [2.45, 2.75) is 46.3 Å². The van der Waals surface area contributed by atoms with Crippen LogP contribution in [0.15, 0.2) is 29.3 Å². The molecule has 0 aromatic heterocycles. The van der Waals surface area contributed by atoms with E-state index in [0.717, 1.165) is 26.2 Å². The SMILES string of the molecule is CCNC(=NCCS(=O)(=O)C(C)(C)C)NCCN(CC)c1cccc(C)c1. The minimum atomic E-state index is -3.16. The van der Waals surface area contributed by atoms with E-state index in [1.807, 2.05) is 6.92 Å². The predicted molar refractivity (Wildman–Crippen MR) is 117 cm³/mol. The van der Waals surface area contributed by atoms with Crippen LogP contribution in [0.5, 0.6) is 0 Å². The lowest BCUT2D eigenvalue weighted by Gasteiger charge is -2.24. The maximum absolute atomic E-state index is 12.2. The second-order valence-corrected chi connectivity index (χ2v) is 10.4. The first-order chi connectivity index (χ1) is 12.6. The molecule has 7 heteroatoms. The number of aliphatic imine (C=N–C) groups is 1. The van der Waals surface area contributed by atoms with Gasteiger partial charge in [0.25, 0.3) is 0 Å². The van der Waals surface area contributed by atoms with Crippen LogP contribution < -0.4 is 15.5 Å². The molecule has 0 amide bonds. The molecular formula is C20H36N4O2S. The van der Waals surface area contributed by atoms with Crippen LogP contribution >= 0.6 is 0 Å². The minimum absolute atomic E-state index is 0.0530. The van der Waals surface area contributed by atoms with Crippen LogP contribution in [0.2, 0.25) is 0 Å². The third-order valence-corrected chi connectivity index (χ3v) is 6.92. The summed E-state index contributed by atoms with van der Waals surface area (Å²) in [6.07, 6.45) is 0. The van der Waals surface area contributed by atoms with Gasteiger partial charge in [0.2, 0.25) is 0 Å². The lowest BCUT2D eigenvalue weighted by atomic mass is 10.2. The number of nitrogens with one attached hydrogen (secondary N) is 2. The molecule has 0 saturated heterocycles. The van der Waals surface area contributed by atoms with Gasteiger partial charge in [-0.1, -0.05) is 12.1 Å². The van der Waals surface area contributed by atoms with Gasteiger partial charge in [-0.3, -0.25) is 4.99 Å². The number of anilines is 1. The molecular weight excluding hydrogens is 360 g/mol. The number of rotatable bonds is 9. The highest BCUT2D eigenvalue weighted by atomic mass is 32.2. The Labute approximate surface area is 165 Å². The summed E-state index contributed by atoms with van der Waals surface area (Å²) in [7, 11) is -3.16. The van der Waals surface area contributed by atoms with E-state index < -0.39 is 14.6 Å². The van der Waals surface area contributed by atoms with E-state index in [2.05, 4.69) is 58.6 Å². The summed E-state index contributed by atoms with van der Waals surface area (Å²) in [5.74, 6) is 0.708. The average Bonchev–Trinajstić information content (AvgIpc) is 2.57. The first-order valence-electron chi connectivity index (χ1n) is 9.66. The second-order valence-electron chi connectivity index (χ2n) is 7.54. The van der Waals surface area contributed by atoms with Gasteiger partial charge in [-0.25, -0.2) is 8.42 Å². The molecule has 0 unspecified atom stereocenters. The molecule has 0 aliphatic carbocycles. The number of hydrogen-bond donors (Lipinski definition) is 2. The summed E-state index contributed by atoms with van der Waals surface area (Å²) in [5.41, 5.74) is 2.45. The second kappa shape index (κ2) is 10.5. The van der Waals surface area contributed by atoms with Crippen molar-refractivity contribution in [2.75, 3.05) is 43.4 Å². The summed E-state index contributed by atoms with van der Waals surface area (Å²) < 4.78 is 23.7. The number of aryl methyl sites for hydroxylation is 1. The zero-order chi connectivity index (χ0) is 20.5. The van der Waals surface area contributed by atoms with Gasteiger partial charge in [-0.05, 0) is 59.2 Å². The van der Waals surface area contributed by atoms with Crippen molar-refractivity contribution in [1.29, 1.82) is 0 Å². The molecule has 0 aliphatic heterocycles. The van der Waals surface area contributed by atoms with Crippen LogP contribution in [-0.4, -0.2) is 57.6 Å². The molecule has 0 bridgehead atoms. The molecule has 0 radical (unpaired) electrons. The largest absolute Gasteiger partial charge is 0.370 e. The number of sulfone groups is 1. The number of likely N-dealkylation sites (N-methyl/N-ethyl adjacent to an activating group) is 1. The molecule has 1 rings (SSSR count). The van der Waals surface area contributed by atoms with Crippen LogP contribution in [0.3, 0.4) is 0 Å². The molecule has 0 fully saturated rings. The predicted octanol–water partition coefficient (Wildman–Crippen LogP) is 2.59. The average molecular weight is 397 g/mol. The topological polar surface area (TPSA) is 73.8 Å². The van der Waals surface area contributed by atoms with Crippen LogP contribution in [0.25, 0.3) is 0 Å². The first-order valence-corrected chi connectivity index (χ1v) is 11.3. The quantitative estimate of drug-likeness (QED) is 0.496. The Morgan fingerprint density at radius 1 is 1.19 bits per heavy atom. The smallest absolute Gasteiger partial charge is 0.191 e. The summed E-state index contributed by atoms with van der Waals surface area (Å²) in [4.78, 5) is 6.72. The lowest BCUT2D eigenvalue weighted by Crippen LogP contribution is -2.42. The first kappa shape index (κ1) is 23.3. The van der Waals surface area contributed by atoms with Gasteiger partial charge in [0.1, 0.15) is 0 Å². The fourth-order valence-corrected chi connectivity index (χ4v) is 3.47. The minimum Gasteiger partial charge on any atom is -0.370 e. The fourth-order valence-electron chi connectivity index (χ4n) is 2.53. The highest BCUT2D eigenvalue weighted by Gasteiger charge is 2.28. The van der Waals surface area contributed by atoms with Gasteiger partial charge in [0.15, 0.2) is 15.8 Å². The maximum Gasteiger partial charge on any atom is 0.191 e. The maximum atomic E-state index is 12.2. The molecule has 0 spiro atoms. The van der Waals surface area contributed by atoms with E-state index >= 15 is 0 Å². The molecule has 6 nitrogen and oxygen atoms in total. The zero-order valence-corrected chi connectivity index (χ0v) is 18.5. The zero-order valence-electron chi connectivity index (χ0n) is 17.7. The number of benzene rings is 1. The Hall–Kier alpha value is -1.76. The van der Waals surface area contributed by atoms with Crippen LogP contribution in [0.4, 0.5) is 5.69 Å². The number of hydrogen-bond acceptors (Lipinski definition) is 4. The van der Waals surface area contributed by atoms with Crippen molar-refractivity contribution in [3.05, 3.63) is 29.8 Å². The molecule has 0 atom stereocenters. The Kier molecular flexibility index (Phi) is 9.09. The van der Waals surface area contributed by atoms with E-state index in [-0.39, 0.29) is 12.3 Å². The van der Waals surface area contributed by atoms with E-state index in [1.165, 1.54) is 11.3 Å². The van der Waals surface area contributed by atoms with Gasteiger partial charge in [0, 0.05) is 31.9 Å². The van der Waals surface area contributed by atoms with Crippen LogP contribution in [0.1, 0.15) is 40.2 Å². The third-order valence-electron chi connectivity index (χ3n) is 4.33. The standard InChI is InChI=1S/C20H36N4O2S/c1-7-21-19(23-13-15-27(25,26)20(4,5)6)22-12-14-24(8-2)18-11-9-10-17(3)16-18/h9-11,16H,7-8,12-15H2,1-6H3,(H2,21,22,23). The van der Waals surface area contributed by atoms with E-state index in [4.69, 9.17) is 0 Å². The molecule has 1 aromatic carbocycles. The third kappa shape index (κ3) is 7.79. The molecule has 0 aliphatic rings. The Morgan fingerprint density at radius 2 is 1.89 bits per heavy atom. The fraction of sp³-hybridized carbons (Fsp3) is 0.650. The van der Waals surface area contributed by atoms with Crippen molar-refractivity contribution >= 4 is 21.5 Å². The van der Waals surface area contributed by atoms with E-state index in [9.17, 15) is 8.42 Å². The molecule has 0 saturated carbocycles. The molecule has 154 valence electrons. The van der Waals surface area contributed by atoms with Gasteiger partial charge < -0.3 is 15.5 Å². The number of guanidine groups is 1. The summed E-state index contributed by atoms with van der Waals surface area (Å²) >= 11 is 0. The van der Waals surface area contributed by atoms with Crippen LogP contribution in [0, 0.1) is 6.92 Å². The molecule has 0 heterocycles. The normalized spacial score (nSPS) is 12.7. The summed E-state index contributed by atoms with van der Waals surface area (Å²) in [6, 6.07) is 8.46. The van der Waals surface area contributed by atoms with Crippen molar-refractivity contribution in [1.82, 2.24) is 10.6 Å². The summed E-state index contributed by atoms with van der Waals surface area (Å²) in [5, 5.41) is 6.47. The van der Waals surface area contributed by atoms with Gasteiger partial charge in [-0.2, -0.15) is 0 Å². The van der Waals surface area contributed by atoms with Crippen molar-refractivity contribution in [2.24, 2.45) is 4.99 Å². The molecule has 1 aromatic rings. The van der Waals surface area contributed by atoms with E-state index in [1.54, 1.807) is 20.8 Å². The number of nitrogens with zero attached hydrogens (tertiary/aromatic N) is 2. The molecule has 2 N–H and O–H groups in total. The van der Waals surface area contributed by atoms with Gasteiger partial charge >= 0.3 is 0 Å². The Balaban J connectivity index is 2.61. The van der Waals surface area contributed by atoms with Gasteiger partial charge in [-0.15, -0.1) is 0 Å². The highest BCUT2D eigenvalue weighted by molar-refractivity contribution is 7.92. The Morgan fingerprint density at radius 3 is 2.44 bits per heavy atom. The molecule has 27 heavy (non-hydrogen) atoms.